The Bertz CT molecular complexity index is 735. The van der Waals surface area contributed by atoms with E-state index in [1.54, 1.807) is 30.3 Å². The van der Waals surface area contributed by atoms with Crippen LogP contribution in [0.15, 0.2) is 41.2 Å². The average molecular weight is 324 g/mol. The first kappa shape index (κ1) is 15.7. The van der Waals surface area contributed by atoms with Gasteiger partial charge in [0.05, 0.1) is 18.8 Å². The first-order valence-corrected chi connectivity index (χ1v) is 7.27. The van der Waals surface area contributed by atoms with Crippen LogP contribution in [0.5, 0.6) is 0 Å². The van der Waals surface area contributed by atoms with E-state index in [0.717, 1.165) is 10.7 Å². The van der Waals surface area contributed by atoms with Crippen molar-refractivity contribution in [3.8, 4) is 11.3 Å². The van der Waals surface area contributed by atoms with Gasteiger partial charge < -0.3 is 4.74 Å². The standard InChI is InChI=1S/C16H15F3N2O2/c17-16(18,19)13-8-14(12-4-2-1-3-5-12)20-21(15(13)22)9-11-6-7-23-10-11/h1-5,8,11H,6-7,9-10H2. The zero-order chi connectivity index (χ0) is 16.4. The minimum Gasteiger partial charge on any atom is -0.381 e. The third-order valence-corrected chi connectivity index (χ3v) is 3.80. The molecule has 1 fully saturated rings. The highest BCUT2D eigenvalue weighted by Crippen LogP contribution is 2.29. The molecule has 0 spiro atoms. The van der Waals surface area contributed by atoms with Gasteiger partial charge in [0, 0.05) is 18.1 Å². The topological polar surface area (TPSA) is 44.1 Å². The van der Waals surface area contributed by atoms with Gasteiger partial charge in [-0.1, -0.05) is 30.3 Å². The van der Waals surface area contributed by atoms with E-state index >= 15 is 0 Å². The Morgan fingerprint density at radius 2 is 2.00 bits per heavy atom. The predicted octanol–water partition coefficient (Wildman–Crippen LogP) is 2.97. The van der Waals surface area contributed by atoms with E-state index in [9.17, 15) is 18.0 Å². The Labute approximate surface area is 130 Å². The predicted molar refractivity (Wildman–Crippen MR) is 77.9 cm³/mol. The Kier molecular flexibility index (Phi) is 4.21. The molecule has 1 aliphatic heterocycles. The Morgan fingerprint density at radius 3 is 2.61 bits per heavy atom. The summed E-state index contributed by atoms with van der Waals surface area (Å²) in [4.78, 5) is 12.1. The maximum Gasteiger partial charge on any atom is 0.421 e. The summed E-state index contributed by atoms with van der Waals surface area (Å²) in [5.74, 6) is 0.00677. The van der Waals surface area contributed by atoms with Crippen molar-refractivity contribution >= 4 is 0 Å². The quantitative estimate of drug-likeness (QED) is 0.872. The van der Waals surface area contributed by atoms with Crippen molar-refractivity contribution in [2.24, 2.45) is 5.92 Å². The van der Waals surface area contributed by atoms with Crippen molar-refractivity contribution < 1.29 is 17.9 Å². The first-order valence-electron chi connectivity index (χ1n) is 7.27. The fraction of sp³-hybridized carbons (Fsp3) is 0.375. The second-order valence-electron chi connectivity index (χ2n) is 5.52. The second-order valence-corrected chi connectivity index (χ2v) is 5.52. The van der Waals surface area contributed by atoms with E-state index < -0.39 is 17.3 Å². The summed E-state index contributed by atoms with van der Waals surface area (Å²) in [6.07, 6.45) is -4.00. The van der Waals surface area contributed by atoms with Gasteiger partial charge in [-0.25, -0.2) is 4.68 Å². The number of benzene rings is 1. The normalized spacial score (nSPS) is 18.3. The second kappa shape index (κ2) is 6.16. The lowest BCUT2D eigenvalue weighted by Crippen LogP contribution is -2.33. The highest BCUT2D eigenvalue weighted by Gasteiger charge is 2.36. The minimum atomic E-state index is -4.71. The largest absolute Gasteiger partial charge is 0.421 e. The van der Waals surface area contributed by atoms with Crippen LogP contribution in [0.25, 0.3) is 11.3 Å². The number of ether oxygens (including phenoxy) is 1. The fourth-order valence-electron chi connectivity index (χ4n) is 2.59. The molecule has 7 heteroatoms. The summed E-state index contributed by atoms with van der Waals surface area (Å²) >= 11 is 0. The van der Waals surface area contributed by atoms with Gasteiger partial charge in [0.25, 0.3) is 5.56 Å². The molecule has 2 aromatic rings. The van der Waals surface area contributed by atoms with Gasteiger partial charge in [0.1, 0.15) is 5.56 Å². The SMILES string of the molecule is O=c1c(C(F)(F)F)cc(-c2ccccc2)nn1CC1CCOC1. The van der Waals surface area contributed by atoms with Crippen molar-refractivity contribution in [3.05, 3.63) is 52.3 Å². The summed E-state index contributed by atoms with van der Waals surface area (Å²) in [5, 5.41) is 4.13. The van der Waals surface area contributed by atoms with Gasteiger partial charge in [0.2, 0.25) is 0 Å². The van der Waals surface area contributed by atoms with Crippen LogP contribution in [0.1, 0.15) is 12.0 Å². The molecule has 1 atom stereocenters. The number of hydrogen-bond donors (Lipinski definition) is 0. The maximum atomic E-state index is 13.2. The number of hydrogen-bond acceptors (Lipinski definition) is 3. The number of rotatable bonds is 3. The van der Waals surface area contributed by atoms with Crippen LogP contribution in [0.2, 0.25) is 0 Å². The molecule has 1 aromatic heterocycles. The van der Waals surface area contributed by atoms with Gasteiger partial charge in [-0.15, -0.1) is 0 Å². The Morgan fingerprint density at radius 1 is 1.26 bits per heavy atom. The molecule has 23 heavy (non-hydrogen) atoms. The zero-order valence-corrected chi connectivity index (χ0v) is 12.2. The van der Waals surface area contributed by atoms with Crippen LogP contribution in [-0.2, 0) is 17.5 Å². The lowest BCUT2D eigenvalue weighted by molar-refractivity contribution is -0.139. The van der Waals surface area contributed by atoms with E-state index in [0.29, 0.717) is 25.2 Å². The molecule has 4 nitrogen and oxygen atoms in total. The van der Waals surface area contributed by atoms with Gasteiger partial charge in [-0.05, 0) is 12.5 Å². The van der Waals surface area contributed by atoms with Crippen LogP contribution in [-0.4, -0.2) is 23.0 Å². The van der Waals surface area contributed by atoms with Crippen LogP contribution >= 0.6 is 0 Å². The molecule has 3 rings (SSSR count). The van der Waals surface area contributed by atoms with Crippen LogP contribution in [0, 0.1) is 5.92 Å². The summed E-state index contributed by atoms with van der Waals surface area (Å²) in [6.45, 7) is 1.12. The van der Waals surface area contributed by atoms with Gasteiger partial charge >= 0.3 is 6.18 Å². The van der Waals surface area contributed by atoms with E-state index in [2.05, 4.69) is 5.10 Å². The molecule has 1 saturated heterocycles. The van der Waals surface area contributed by atoms with Crippen molar-refractivity contribution in [2.45, 2.75) is 19.1 Å². The molecule has 0 aliphatic carbocycles. The number of alkyl halides is 3. The fourth-order valence-corrected chi connectivity index (χ4v) is 2.59. The molecular formula is C16H15F3N2O2. The monoisotopic (exact) mass is 324 g/mol. The molecule has 1 aliphatic rings. The minimum absolute atomic E-state index is 0.00677. The molecular weight excluding hydrogens is 309 g/mol. The van der Waals surface area contributed by atoms with Gasteiger partial charge in [-0.3, -0.25) is 4.79 Å². The summed E-state index contributed by atoms with van der Waals surface area (Å²) in [6, 6.07) is 9.33. The van der Waals surface area contributed by atoms with Crippen molar-refractivity contribution in [3.63, 3.8) is 0 Å². The summed E-state index contributed by atoms with van der Waals surface area (Å²) < 4.78 is 45.7. The van der Waals surface area contributed by atoms with Crippen molar-refractivity contribution in [2.75, 3.05) is 13.2 Å². The van der Waals surface area contributed by atoms with E-state index in [-0.39, 0.29) is 18.2 Å². The lowest BCUT2D eigenvalue weighted by Gasteiger charge is -2.14. The Balaban J connectivity index is 2.08. The summed E-state index contributed by atoms with van der Waals surface area (Å²) in [5.41, 5.74) is -1.62. The molecule has 1 unspecified atom stereocenters. The van der Waals surface area contributed by atoms with Gasteiger partial charge in [0.15, 0.2) is 0 Å². The molecule has 0 saturated carbocycles. The molecule has 0 N–H and O–H groups in total. The molecule has 0 radical (unpaired) electrons. The highest BCUT2D eigenvalue weighted by atomic mass is 19.4. The summed E-state index contributed by atoms with van der Waals surface area (Å²) in [7, 11) is 0. The molecule has 1 aromatic carbocycles. The molecule has 122 valence electrons. The molecule has 0 amide bonds. The third-order valence-electron chi connectivity index (χ3n) is 3.80. The van der Waals surface area contributed by atoms with Crippen molar-refractivity contribution in [1.82, 2.24) is 9.78 Å². The Hall–Kier alpha value is -2.15. The number of nitrogens with zero attached hydrogens (tertiary/aromatic N) is 2. The van der Waals surface area contributed by atoms with Crippen LogP contribution < -0.4 is 5.56 Å². The highest BCUT2D eigenvalue weighted by molar-refractivity contribution is 5.59. The van der Waals surface area contributed by atoms with Crippen LogP contribution in [0.3, 0.4) is 0 Å². The van der Waals surface area contributed by atoms with Crippen molar-refractivity contribution in [1.29, 1.82) is 0 Å². The van der Waals surface area contributed by atoms with E-state index in [4.69, 9.17) is 4.74 Å². The number of aromatic nitrogens is 2. The van der Waals surface area contributed by atoms with E-state index in [1.807, 2.05) is 0 Å². The smallest absolute Gasteiger partial charge is 0.381 e. The lowest BCUT2D eigenvalue weighted by atomic mass is 10.1. The maximum absolute atomic E-state index is 13.2. The molecule has 2 heterocycles. The molecule has 0 bridgehead atoms. The van der Waals surface area contributed by atoms with Crippen LogP contribution in [0.4, 0.5) is 13.2 Å². The number of halogens is 3. The first-order chi connectivity index (χ1) is 10.9. The zero-order valence-electron chi connectivity index (χ0n) is 12.2. The average Bonchev–Trinajstić information content (AvgIpc) is 3.02. The third kappa shape index (κ3) is 3.44. The van der Waals surface area contributed by atoms with Gasteiger partial charge in [-0.2, -0.15) is 18.3 Å². The van der Waals surface area contributed by atoms with E-state index in [1.165, 1.54) is 0 Å².